The molecule has 30 nitrogen and oxygen atoms in total. The molecule has 3 aromatic heterocycles. The van der Waals surface area contributed by atoms with Gasteiger partial charge in [0, 0.05) is 98.6 Å². The third kappa shape index (κ3) is 44.6. The number of amides is 9. The number of esters is 3. The van der Waals surface area contributed by atoms with E-state index in [2.05, 4.69) is 119 Å². The number of thiophene rings is 3. The van der Waals surface area contributed by atoms with E-state index in [1.165, 1.54) is 55.3 Å². The number of methoxy groups -OCH3 is 3. The summed E-state index contributed by atoms with van der Waals surface area (Å²) in [5, 5.41) is 11.1. The molecule has 9 amide bonds. The lowest BCUT2D eigenvalue weighted by Gasteiger charge is -2.36. The Bertz CT molecular complexity index is 4570. The molecule has 774 valence electrons. The maximum Gasteiger partial charge on any atom is 0.408 e. The van der Waals surface area contributed by atoms with Crippen LogP contribution in [0.15, 0.2) is 22.7 Å². The summed E-state index contributed by atoms with van der Waals surface area (Å²) in [6.45, 7) is 50.8. The topological polar surface area (TPSA) is 380 Å². The standard InChI is InChI=1S/C29H42N2O4S.C21H30N2O3S.C14H26N2O3.C12H13BrO2S.C10H18N2O4.2C9H18N2O/c1-7-17-30-18-9-8-10-23(27(30)33)31(26(32)21-13-11-20(2)12-14-21)24-19-22(15-16-29(3,4)5)36-25(24)28(34)35-6;1-6-12-23-13-8-7-9-16(19(23)24)22-17-14-15(10-11-21(2,3)4)27-18(17)20(25)26-5;1-5-9-16-10-7-6-8-11(12(16)17)15-13(18)19-14(2,3)4;1-12(2,3)6-5-8-7-9(13)10(16-8)11(14)15-4;1-10(2,3)16-9(14)12-7-6-15-5-4-11-8(7)13;2*1-2-6-11-7-4-3-5-8(10)9(11)12/h19-21,23H,7-14,17-18H2,1-6H3;14,16,22H,6-9,12-13H2,1-5H3;11H,5-10H2,1-4H3,(H,15,18);7H,1-4H3;7H,4-6H2,1-3H3,(H,11,13)(H,12,14);2*8H,2-7,10H2,1H3/t;16-;11-;;7-;2*8-/m.00.000/s1. The summed E-state index contributed by atoms with van der Waals surface area (Å²) in [7, 11) is 4.09. The van der Waals surface area contributed by atoms with Crippen molar-refractivity contribution in [2.24, 2.45) is 39.5 Å². The minimum absolute atomic E-state index is 0.0174. The molecule has 6 aliphatic heterocycles. The Hall–Kier alpha value is -8.82. The van der Waals surface area contributed by atoms with Crippen molar-refractivity contribution < 1.29 is 86.0 Å². The molecule has 0 spiro atoms. The highest BCUT2D eigenvalue weighted by atomic mass is 79.9. The Morgan fingerprint density at radius 3 is 1.25 bits per heavy atom. The van der Waals surface area contributed by atoms with Gasteiger partial charge in [-0.25, -0.2) is 24.0 Å². The lowest BCUT2D eigenvalue weighted by Crippen LogP contribution is -2.52. The van der Waals surface area contributed by atoms with E-state index in [1.807, 2.05) is 126 Å². The smallest absolute Gasteiger partial charge is 0.408 e. The van der Waals surface area contributed by atoms with Gasteiger partial charge in [-0.1, -0.05) is 77.1 Å². The van der Waals surface area contributed by atoms with Crippen molar-refractivity contribution >= 4 is 133 Å². The van der Waals surface area contributed by atoms with Crippen molar-refractivity contribution in [1.82, 2.24) is 40.4 Å². The fourth-order valence-corrected chi connectivity index (χ4v) is 19.0. The lowest BCUT2D eigenvalue weighted by molar-refractivity contribution is -0.135. The number of alkyl carbamates (subject to hydrolysis) is 2. The number of nitrogens with one attached hydrogen (secondary N) is 4. The van der Waals surface area contributed by atoms with E-state index in [0.29, 0.717) is 75.9 Å². The van der Waals surface area contributed by atoms with Crippen molar-refractivity contribution in [2.75, 3.05) is 117 Å². The van der Waals surface area contributed by atoms with E-state index in [-0.39, 0.29) is 94.2 Å². The number of carbonyl (C=O) groups is 12. The fraction of sp³-hybridized carbons (Fsp3) is 0.712. The molecule has 138 heavy (non-hydrogen) atoms. The van der Waals surface area contributed by atoms with E-state index >= 15 is 0 Å². The Balaban J connectivity index is 0.000000349. The maximum absolute atomic E-state index is 14.2. The Morgan fingerprint density at radius 1 is 0.464 bits per heavy atom. The summed E-state index contributed by atoms with van der Waals surface area (Å²) in [6.07, 6.45) is 21.2. The van der Waals surface area contributed by atoms with Gasteiger partial charge in [-0.2, -0.15) is 0 Å². The third-order valence-electron chi connectivity index (χ3n) is 22.4. The minimum Gasteiger partial charge on any atom is -0.465 e. The first-order valence-corrected chi connectivity index (χ1v) is 52.9. The van der Waals surface area contributed by atoms with E-state index in [1.54, 1.807) is 25.7 Å². The first-order valence-electron chi connectivity index (χ1n) is 49.7. The highest BCUT2D eigenvalue weighted by Crippen LogP contribution is 2.40. The van der Waals surface area contributed by atoms with Crippen molar-refractivity contribution in [3.8, 4) is 35.5 Å². The van der Waals surface area contributed by atoms with Crippen molar-refractivity contribution in [1.29, 1.82) is 0 Å². The number of nitrogens with two attached hydrogens (primary N) is 2. The van der Waals surface area contributed by atoms with E-state index < -0.39 is 53.5 Å². The number of carbonyl (C=O) groups excluding carboxylic acids is 12. The Kier molecular flexibility index (Phi) is 53.2. The van der Waals surface area contributed by atoms with Crippen LogP contribution >= 0.6 is 49.9 Å². The van der Waals surface area contributed by atoms with E-state index in [9.17, 15) is 57.5 Å². The van der Waals surface area contributed by atoms with Gasteiger partial charge in [-0.05, 0) is 298 Å². The van der Waals surface area contributed by atoms with Crippen LogP contribution in [0.3, 0.4) is 0 Å². The van der Waals surface area contributed by atoms with Crippen LogP contribution < -0.4 is 37.6 Å². The quantitative estimate of drug-likeness (QED) is 0.0347. The van der Waals surface area contributed by atoms with Gasteiger partial charge in [0.15, 0.2) is 0 Å². The van der Waals surface area contributed by atoms with Crippen LogP contribution in [-0.2, 0) is 62.0 Å². The molecule has 1 aliphatic carbocycles. The van der Waals surface area contributed by atoms with Gasteiger partial charge >= 0.3 is 30.1 Å². The highest BCUT2D eigenvalue weighted by Gasteiger charge is 2.42. The molecule has 7 fully saturated rings. The summed E-state index contributed by atoms with van der Waals surface area (Å²) in [4.78, 5) is 162. The summed E-state index contributed by atoms with van der Waals surface area (Å²) in [5.74, 6) is 18.3. The Labute approximate surface area is 844 Å². The zero-order valence-corrected chi connectivity index (χ0v) is 91.3. The normalized spacial score (nSPS) is 20.6. The molecule has 0 aromatic carbocycles. The molecular weight excluding hydrogens is 1880 g/mol. The summed E-state index contributed by atoms with van der Waals surface area (Å²) in [5.41, 5.74) is 11.0. The van der Waals surface area contributed by atoms with Gasteiger partial charge in [0.05, 0.1) is 72.6 Å². The largest absolute Gasteiger partial charge is 0.465 e. The van der Waals surface area contributed by atoms with Crippen molar-refractivity contribution in [3.63, 3.8) is 0 Å². The highest BCUT2D eigenvalue weighted by molar-refractivity contribution is 9.10. The predicted octanol–water partition coefficient (Wildman–Crippen LogP) is 17.5. The lowest BCUT2D eigenvalue weighted by atomic mass is 9.82. The zero-order chi connectivity index (χ0) is 103. The molecular formula is C104H165BrN12O18S3. The summed E-state index contributed by atoms with van der Waals surface area (Å²) >= 11 is 7.20. The molecule has 0 bridgehead atoms. The molecule has 8 N–H and O–H groups in total. The zero-order valence-electron chi connectivity index (χ0n) is 87.3. The molecule has 0 radical (unpaired) electrons. The van der Waals surface area contributed by atoms with Crippen LogP contribution in [0.1, 0.15) is 343 Å². The number of anilines is 2. The van der Waals surface area contributed by atoms with Crippen molar-refractivity contribution in [2.45, 2.75) is 347 Å². The number of nitrogens with zero attached hydrogens (tertiary/aromatic N) is 6. The second-order valence-electron chi connectivity index (χ2n) is 40.9. The molecule has 1 unspecified atom stereocenters. The van der Waals surface area contributed by atoms with Gasteiger partial charge in [0.25, 0.3) is 0 Å². The predicted molar refractivity (Wildman–Crippen MR) is 553 cm³/mol. The third-order valence-corrected chi connectivity index (χ3v) is 26.4. The number of hydrogen-bond acceptors (Lipinski definition) is 24. The summed E-state index contributed by atoms with van der Waals surface area (Å²) < 4.78 is 30.8. The SMILES string of the molecule is CC(C)(C)OC(=O)N[C@H]1COCCNC1=O.CCCN1CCCCC(N(C(=O)C2CCC(C)CC2)c2cc(C#CC(C)(C)C)sc2C(=O)OC)C1=O.CCCN1CCCC[C@H](N)C1=O.CCCN1CCCC[C@H](N)C1=O.CCCN1CCCC[C@H](NC(=O)OC(C)(C)C)C1=O.CCCN1CCCC[C@H](Nc2cc(C#CC(C)(C)C)sc2C(=O)OC)C1=O.COC(=O)c1sc(C#CC(C)(C)C)cc1Br. The van der Waals surface area contributed by atoms with Crippen LogP contribution in [0.5, 0.6) is 0 Å². The molecule has 7 aliphatic rings. The molecule has 3 aromatic rings. The monoisotopic (exact) mass is 2050 g/mol. The van der Waals surface area contributed by atoms with Gasteiger partial charge in [0.2, 0.25) is 41.4 Å². The second-order valence-corrected chi connectivity index (χ2v) is 44.9. The summed E-state index contributed by atoms with van der Waals surface area (Å²) in [6, 6.07) is 2.99. The first-order chi connectivity index (χ1) is 64.8. The van der Waals surface area contributed by atoms with Crippen molar-refractivity contribution in [3.05, 3.63) is 51.9 Å². The van der Waals surface area contributed by atoms with E-state index in [4.69, 9.17) is 35.2 Å². The van der Waals surface area contributed by atoms with Crippen LogP contribution in [0.2, 0.25) is 0 Å². The number of hydrogen-bond donors (Lipinski definition) is 6. The molecule has 1 saturated carbocycles. The van der Waals surface area contributed by atoms with Gasteiger partial charge in [-0.3, -0.25) is 38.5 Å². The number of rotatable bonds is 20. The number of likely N-dealkylation sites (tertiary alicyclic amines) is 5. The van der Waals surface area contributed by atoms with Crippen LogP contribution in [0.4, 0.5) is 21.0 Å². The van der Waals surface area contributed by atoms with Crippen LogP contribution in [0.25, 0.3) is 0 Å². The number of ether oxygens (including phenoxy) is 6. The number of halogens is 1. The van der Waals surface area contributed by atoms with Gasteiger partial charge in [-0.15, -0.1) is 34.0 Å². The van der Waals surface area contributed by atoms with E-state index in [0.717, 1.165) is 208 Å². The van der Waals surface area contributed by atoms with Gasteiger partial charge in [0.1, 0.15) is 50.0 Å². The maximum atomic E-state index is 14.2. The molecule has 34 heteroatoms. The molecule has 6 atom stereocenters. The molecule has 9 heterocycles. The van der Waals surface area contributed by atoms with Crippen LogP contribution in [-0.4, -0.2) is 250 Å². The minimum atomic E-state index is -0.683. The fourth-order valence-electron chi connectivity index (χ4n) is 15.6. The second kappa shape index (κ2) is 60.5. The Morgan fingerprint density at radius 2 is 0.826 bits per heavy atom. The average molecular weight is 2050 g/mol. The molecule has 6 saturated heterocycles. The molecule has 10 rings (SSSR count). The average Bonchev–Trinajstić information content (AvgIpc) is 1.59. The first kappa shape index (κ1) is 121. The van der Waals surface area contributed by atoms with Crippen LogP contribution in [0, 0.1) is 63.6 Å². The van der Waals surface area contributed by atoms with Gasteiger partial charge < -0.3 is 85.7 Å².